The van der Waals surface area contributed by atoms with Crippen LogP contribution in [0.2, 0.25) is 0 Å². The molecule has 2 rings (SSSR count). The van der Waals surface area contributed by atoms with Crippen molar-refractivity contribution in [2.24, 2.45) is 0 Å². The van der Waals surface area contributed by atoms with Crippen LogP contribution in [-0.2, 0) is 11.2 Å². The Morgan fingerprint density at radius 3 is 2.39 bits per heavy atom. The molecule has 0 unspecified atom stereocenters. The van der Waals surface area contributed by atoms with Crippen molar-refractivity contribution in [3.8, 4) is 0 Å². The zero-order chi connectivity index (χ0) is 16.9. The maximum absolute atomic E-state index is 12.1. The molecule has 124 valence electrons. The fraction of sp³-hybridized carbons (Fsp3) is 0.450. The quantitative estimate of drug-likeness (QED) is 0.758. The topological polar surface area (TPSA) is 29.5 Å². The second kappa shape index (κ2) is 7.49. The van der Waals surface area contributed by atoms with Crippen LogP contribution in [0.3, 0.4) is 0 Å². The van der Waals surface area contributed by atoms with Crippen molar-refractivity contribution in [1.29, 1.82) is 0 Å². The molecule has 0 saturated heterocycles. The summed E-state index contributed by atoms with van der Waals surface area (Å²) in [6.45, 7) is 5.61. The summed E-state index contributed by atoms with van der Waals surface area (Å²) in [7, 11) is 1.74. The molecule has 0 radical (unpaired) electrons. The van der Waals surface area contributed by atoms with E-state index in [1.807, 2.05) is 32.9 Å². The first kappa shape index (κ1) is 17.3. The van der Waals surface area contributed by atoms with Gasteiger partial charge in [-0.05, 0) is 64.2 Å². The Balaban J connectivity index is 1.92. The van der Waals surface area contributed by atoms with E-state index in [2.05, 4.69) is 30.4 Å². The summed E-state index contributed by atoms with van der Waals surface area (Å²) in [5.41, 5.74) is 3.07. The zero-order valence-electron chi connectivity index (χ0n) is 14.6. The lowest BCUT2D eigenvalue weighted by Gasteiger charge is -2.24. The van der Waals surface area contributed by atoms with Crippen LogP contribution in [0.5, 0.6) is 0 Å². The molecule has 1 aliphatic rings. The maximum atomic E-state index is 12.1. The molecule has 0 aliphatic heterocycles. The van der Waals surface area contributed by atoms with Gasteiger partial charge < -0.3 is 4.74 Å². The molecule has 1 amide bonds. The van der Waals surface area contributed by atoms with E-state index in [1.165, 1.54) is 11.1 Å². The number of hydrogen-bond donors (Lipinski definition) is 0. The summed E-state index contributed by atoms with van der Waals surface area (Å²) >= 11 is 0. The van der Waals surface area contributed by atoms with Gasteiger partial charge in [-0.1, -0.05) is 35.9 Å². The molecule has 3 heteroatoms. The third-order valence-corrected chi connectivity index (χ3v) is 3.77. The first-order chi connectivity index (χ1) is 10.8. The third kappa shape index (κ3) is 5.59. The Morgan fingerprint density at radius 2 is 1.83 bits per heavy atom. The predicted molar refractivity (Wildman–Crippen MR) is 95.9 cm³/mol. The smallest absolute Gasteiger partial charge is 0.414 e. The van der Waals surface area contributed by atoms with Crippen LogP contribution in [0.1, 0.15) is 45.6 Å². The standard InChI is InChI=1S/C20H27NO2/c1-20(2,3)23-19(22)21(4)18-14-12-17(13-15-18)11-10-16-8-6-5-7-9-16/h6,8-9,12-15H,5,7,10-11H2,1-4H3. The van der Waals surface area contributed by atoms with Gasteiger partial charge in [0.1, 0.15) is 5.60 Å². The number of benzene rings is 1. The van der Waals surface area contributed by atoms with Crippen molar-refractivity contribution in [2.75, 3.05) is 11.9 Å². The Morgan fingerprint density at radius 1 is 1.13 bits per heavy atom. The number of carbonyl (C=O) groups excluding carboxylic acids is 1. The minimum absolute atomic E-state index is 0.331. The molecule has 0 saturated carbocycles. The highest BCUT2D eigenvalue weighted by Crippen LogP contribution is 2.20. The van der Waals surface area contributed by atoms with Gasteiger partial charge in [-0.3, -0.25) is 4.90 Å². The van der Waals surface area contributed by atoms with E-state index in [0.717, 1.165) is 31.4 Å². The minimum Gasteiger partial charge on any atom is -0.443 e. The molecule has 0 spiro atoms. The van der Waals surface area contributed by atoms with Crippen LogP contribution < -0.4 is 4.90 Å². The van der Waals surface area contributed by atoms with Crippen molar-refractivity contribution < 1.29 is 9.53 Å². The molecule has 1 aromatic rings. The SMILES string of the molecule is CN(C(=O)OC(C)(C)C)c1ccc(CCC2=CCCC=C2)cc1. The highest BCUT2D eigenvalue weighted by Gasteiger charge is 2.20. The van der Waals surface area contributed by atoms with Crippen LogP contribution in [0.25, 0.3) is 0 Å². The summed E-state index contributed by atoms with van der Waals surface area (Å²) in [5.74, 6) is 0. The van der Waals surface area contributed by atoms with Gasteiger partial charge in [0.05, 0.1) is 0 Å². The molecule has 0 heterocycles. The molecule has 0 aromatic heterocycles. The van der Waals surface area contributed by atoms with Crippen molar-refractivity contribution in [3.05, 3.63) is 53.6 Å². The van der Waals surface area contributed by atoms with Gasteiger partial charge in [-0.25, -0.2) is 4.79 Å². The first-order valence-electron chi connectivity index (χ1n) is 8.26. The lowest BCUT2D eigenvalue weighted by atomic mass is 10.00. The lowest BCUT2D eigenvalue weighted by molar-refractivity contribution is 0.0589. The van der Waals surface area contributed by atoms with Crippen molar-refractivity contribution in [2.45, 2.75) is 52.1 Å². The molecule has 1 aliphatic carbocycles. The van der Waals surface area contributed by atoms with Crippen LogP contribution in [0.4, 0.5) is 10.5 Å². The van der Waals surface area contributed by atoms with Gasteiger partial charge in [0.25, 0.3) is 0 Å². The molecule has 1 aromatic carbocycles. The number of hydrogen-bond acceptors (Lipinski definition) is 2. The second-order valence-corrected chi connectivity index (χ2v) is 6.96. The van der Waals surface area contributed by atoms with E-state index in [1.54, 1.807) is 11.9 Å². The Kier molecular flexibility index (Phi) is 5.64. The Bertz CT molecular complexity index is 591. The predicted octanol–water partition coefficient (Wildman–Crippen LogP) is 5.27. The monoisotopic (exact) mass is 313 g/mol. The molecule has 0 N–H and O–H groups in total. The number of allylic oxidation sites excluding steroid dienone is 4. The average Bonchev–Trinajstić information content (AvgIpc) is 2.52. The number of carbonyl (C=O) groups is 1. The lowest BCUT2D eigenvalue weighted by Crippen LogP contribution is -2.34. The highest BCUT2D eigenvalue weighted by molar-refractivity contribution is 5.87. The molecular weight excluding hydrogens is 286 g/mol. The molecule has 0 fully saturated rings. The van der Waals surface area contributed by atoms with Gasteiger partial charge in [0.15, 0.2) is 0 Å². The summed E-state index contributed by atoms with van der Waals surface area (Å²) in [5, 5.41) is 0. The Hall–Kier alpha value is -2.03. The molecule has 0 bridgehead atoms. The second-order valence-electron chi connectivity index (χ2n) is 6.96. The van der Waals surface area contributed by atoms with E-state index in [-0.39, 0.29) is 6.09 Å². The van der Waals surface area contributed by atoms with Gasteiger partial charge >= 0.3 is 6.09 Å². The van der Waals surface area contributed by atoms with Crippen LogP contribution in [0.15, 0.2) is 48.1 Å². The van der Waals surface area contributed by atoms with E-state index in [0.29, 0.717) is 0 Å². The summed E-state index contributed by atoms with van der Waals surface area (Å²) in [4.78, 5) is 13.6. The van der Waals surface area contributed by atoms with Gasteiger partial charge in [-0.2, -0.15) is 0 Å². The minimum atomic E-state index is -0.480. The fourth-order valence-electron chi connectivity index (χ4n) is 2.46. The molecule has 23 heavy (non-hydrogen) atoms. The number of ether oxygens (including phenoxy) is 1. The highest BCUT2D eigenvalue weighted by atomic mass is 16.6. The normalized spacial score (nSPS) is 14.3. The van der Waals surface area contributed by atoms with Crippen LogP contribution in [-0.4, -0.2) is 18.7 Å². The van der Waals surface area contributed by atoms with E-state index < -0.39 is 5.60 Å². The number of aryl methyl sites for hydroxylation is 1. The van der Waals surface area contributed by atoms with Gasteiger partial charge in [0.2, 0.25) is 0 Å². The van der Waals surface area contributed by atoms with Crippen LogP contribution in [0, 0.1) is 0 Å². The van der Waals surface area contributed by atoms with Crippen molar-refractivity contribution in [1.82, 2.24) is 0 Å². The number of amides is 1. The zero-order valence-corrected chi connectivity index (χ0v) is 14.6. The molecule has 0 atom stereocenters. The summed E-state index contributed by atoms with van der Waals surface area (Å²) < 4.78 is 5.38. The molecule has 3 nitrogen and oxygen atoms in total. The largest absolute Gasteiger partial charge is 0.443 e. The number of nitrogens with zero attached hydrogens (tertiary/aromatic N) is 1. The van der Waals surface area contributed by atoms with E-state index in [9.17, 15) is 4.79 Å². The van der Waals surface area contributed by atoms with E-state index >= 15 is 0 Å². The number of anilines is 1. The van der Waals surface area contributed by atoms with Crippen LogP contribution >= 0.6 is 0 Å². The van der Waals surface area contributed by atoms with E-state index in [4.69, 9.17) is 4.74 Å². The molecular formula is C20H27NO2. The van der Waals surface area contributed by atoms with Gasteiger partial charge in [0, 0.05) is 12.7 Å². The first-order valence-corrected chi connectivity index (χ1v) is 8.26. The van der Waals surface area contributed by atoms with Gasteiger partial charge in [-0.15, -0.1) is 0 Å². The summed E-state index contributed by atoms with van der Waals surface area (Å²) in [6, 6.07) is 8.13. The van der Waals surface area contributed by atoms with Crippen molar-refractivity contribution >= 4 is 11.8 Å². The number of rotatable bonds is 4. The fourth-order valence-corrected chi connectivity index (χ4v) is 2.46. The Labute approximate surface area is 139 Å². The summed E-state index contributed by atoms with van der Waals surface area (Å²) in [6.07, 6.45) is 10.9. The third-order valence-electron chi connectivity index (χ3n) is 3.77. The maximum Gasteiger partial charge on any atom is 0.414 e. The van der Waals surface area contributed by atoms with Crippen molar-refractivity contribution in [3.63, 3.8) is 0 Å². The average molecular weight is 313 g/mol.